The fourth-order valence-corrected chi connectivity index (χ4v) is 2.39. The van der Waals surface area contributed by atoms with Gasteiger partial charge in [0.15, 0.2) is 0 Å². The van der Waals surface area contributed by atoms with Crippen LogP contribution in [0.2, 0.25) is 0 Å². The molecule has 0 unspecified atom stereocenters. The molecule has 18 heavy (non-hydrogen) atoms. The van der Waals surface area contributed by atoms with E-state index in [1.54, 1.807) is 7.11 Å². The summed E-state index contributed by atoms with van der Waals surface area (Å²) in [5, 5.41) is 22.6. The smallest absolute Gasteiger partial charge is 0.306 e. The fraction of sp³-hybridized carbons (Fsp3) is 0.923. The highest BCUT2D eigenvalue weighted by Crippen LogP contribution is 2.32. The highest BCUT2D eigenvalue weighted by atomic mass is 16.5. The van der Waals surface area contributed by atoms with Crippen molar-refractivity contribution in [1.82, 2.24) is 5.32 Å². The molecular weight excluding hydrogens is 234 g/mol. The Morgan fingerprint density at radius 2 is 2.00 bits per heavy atom. The van der Waals surface area contributed by atoms with Gasteiger partial charge < -0.3 is 20.3 Å². The van der Waals surface area contributed by atoms with Crippen molar-refractivity contribution in [3.05, 3.63) is 0 Å². The number of hydrogen-bond acceptors (Lipinski definition) is 4. The molecule has 0 aliphatic heterocycles. The van der Waals surface area contributed by atoms with E-state index < -0.39 is 11.6 Å². The van der Waals surface area contributed by atoms with Gasteiger partial charge in [0.25, 0.3) is 0 Å². The molecule has 5 heteroatoms. The largest absolute Gasteiger partial charge is 0.481 e. The zero-order valence-corrected chi connectivity index (χ0v) is 11.5. The van der Waals surface area contributed by atoms with Gasteiger partial charge in [0, 0.05) is 19.2 Å². The van der Waals surface area contributed by atoms with E-state index in [1.165, 1.54) is 0 Å². The van der Waals surface area contributed by atoms with Crippen molar-refractivity contribution in [3.63, 3.8) is 0 Å². The molecule has 106 valence electrons. The maximum Gasteiger partial charge on any atom is 0.306 e. The van der Waals surface area contributed by atoms with Gasteiger partial charge in [0.1, 0.15) is 0 Å². The molecule has 0 spiro atoms. The van der Waals surface area contributed by atoms with Crippen LogP contribution in [0.15, 0.2) is 0 Å². The van der Waals surface area contributed by atoms with Crippen molar-refractivity contribution >= 4 is 5.97 Å². The molecule has 3 N–H and O–H groups in total. The number of β-amino-alcohol motifs (C(OH)–C–C–N with tert-alkyl or cyclic N) is 1. The van der Waals surface area contributed by atoms with Crippen LogP contribution in [0.25, 0.3) is 0 Å². The van der Waals surface area contributed by atoms with Gasteiger partial charge in [-0.1, -0.05) is 0 Å². The van der Waals surface area contributed by atoms with E-state index >= 15 is 0 Å². The molecule has 0 aromatic rings. The molecule has 0 atom stereocenters. The number of rotatable bonds is 6. The Labute approximate surface area is 109 Å². The second-order valence-corrected chi connectivity index (χ2v) is 6.01. The molecule has 5 nitrogen and oxygen atoms in total. The maximum atomic E-state index is 10.9. The Morgan fingerprint density at radius 1 is 1.44 bits per heavy atom. The molecule has 0 bridgehead atoms. The lowest BCUT2D eigenvalue weighted by Crippen LogP contribution is -2.52. The van der Waals surface area contributed by atoms with Gasteiger partial charge in [0.05, 0.1) is 18.1 Å². The molecule has 0 amide bonds. The van der Waals surface area contributed by atoms with E-state index in [0.717, 1.165) is 0 Å². The van der Waals surface area contributed by atoms with Gasteiger partial charge in [0.2, 0.25) is 0 Å². The van der Waals surface area contributed by atoms with E-state index in [-0.39, 0.29) is 11.5 Å². The van der Waals surface area contributed by atoms with Crippen LogP contribution in [-0.4, -0.2) is 47.6 Å². The van der Waals surface area contributed by atoms with Crippen molar-refractivity contribution in [1.29, 1.82) is 0 Å². The highest BCUT2D eigenvalue weighted by Gasteiger charge is 2.36. The minimum absolute atomic E-state index is 0.186. The lowest BCUT2D eigenvalue weighted by Gasteiger charge is -2.37. The summed E-state index contributed by atoms with van der Waals surface area (Å²) < 4.78 is 5.11. The number of aliphatic carboxylic acids is 1. The monoisotopic (exact) mass is 259 g/mol. The fourth-order valence-electron chi connectivity index (χ4n) is 2.39. The van der Waals surface area contributed by atoms with Gasteiger partial charge >= 0.3 is 5.97 Å². The zero-order chi connectivity index (χ0) is 13.8. The summed E-state index contributed by atoms with van der Waals surface area (Å²) >= 11 is 0. The Bertz CT molecular complexity index is 283. The van der Waals surface area contributed by atoms with E-state index in [1.807, 2.05) is 13.8 Å². The molecule has 1 rings (SSSR count). The predicted molar refractivity (Wildman–Crippen MR) is 68.5 cm³/mol. The topological polar surface area (TPSA) is 78.8 Å². The molecule has 1 fully saturated rings. The van der Waals surface area contributed by atoms with Crippen LogP contribution in [0.1, 0.15) is 39.5 Å². The number of nitrogens with one attached hydrogen (secondary N) is 1. The number of carboxylic acid groups (broad SMARTS) is 1. The van der Waals surface area contributed by atoms with Crippen LogP contribution in [0.3, 0.4) is 0 Å². The summed E-state index contributed by atoms with van der Waals surface area (Å²) in [4.78, 5) is 10.9. The number of carbonyl (C=O) groups is 1. The van der Waals surface area contributed by atoms with Gasteiger partial charge in [-0.25, -0.2) is 0 Å². The number of ether oxygens (including phenoxy) is 1. The molecule has 0 saturated heterocycles. The number of hydrogen-bond donors (Lipinski definition) is 3. The van der Waals surface area contributed by atoms with Crippen LogP contribution < -0.4 is 5.32 Å². The molecule has 0 radical (unpaired) electrons. The Morgan fingerprint density at radius 3 is 2.44 bits per heavy atom. The Hall–Kier alpha value is -0.650. The standard InChI is InChI=1S/C13H25NO4/c1-12(2,9-18-3)14-8-13(17)6-4-10(5-7-13)11(15)16/h10,14,17H,4-9H2,1-3H3,(H,15,16). The van der Waals surface area contributed by atoms with Crippen molar-refractivity contribution in [2.75, 3.05) is 20.3 Å². The van der Waals surface area contributed by atoms with E-state index in [0.29, 0.717) is 38.8 Å². The first-order chi connectivity index (χ1) is 8.28. The quantitative estimate of drug-likeness (QED) is 0.663. The normalized spacial score (nSPS) is 29.2. The number of aliphatic hydroxyl groups is 1. The predicted octanol–water partition coefficient (Wildman–Crippen LogP) is 1.01. The summed E-state index contributed by atoms with van der Waals surface area (Å²) in [6, 6.07) is 0. The van der Waals surface area contributed by atoms with E-state index in [9.17, 15) is 9.90 Å². The van der Waals surface area contributed by atoms with Gasteiger partial charge in [-0.05, 0) is 39.5 Å². The summed E-state index contributed by atoms with van der Waals surface area (Å²) in [6.07, 6.45) is 2.19. The van der Waals surface area contributed by atoms with Crippen LogP contribution in [0.4, 0.5) is 0 Å². The van der Waals surface area contributed by atoms with E-state index in [2.05, 4.69) is 5.32 Å². The third-order valence-corrected chi connectivity index (χ3v) is 3.67. The van der Waals surface area contributed by atoms with Crippen molar-refractivity contribution in [2.45, 2.75) is 50.7 Å². The summed E-state index contributed by atoms with van der Waals surface area (Å²) in [7, 11) is 1.65. The van der Waals surface area contributed by atoms with Crippen molar-refractivity contribution in [2.24, 2.45) is 5.92 Å². The molecule has 0 aromatic heterocycles. The average Bonchev–Trinajstić information content (AvgIpc) is 2.27. The minimum Gasteiger partial charge on any atom is -0.481 e. The third kappa shape index (κ3) is 4.55. The molecule has 1 aliphatic rings. The zero-order valence-electron chi connectivity index (χ0n) is 11.5. The first-order valence-electron chi connectivity index (χ1n) is 6.47. The highest BCUT2D eigenvalue weighted by molar-refractivity contribution is 5.70. The molecule has 0 heterocycles. The minimum atomic E-state index is -0.781. The second kappa shape index (κ2) is 5.99. The van der Waals surface area contributed by atoms with Crippen LogP contribution in [-0.2, 0) is 9.53 Å². The lowest BCUT2D eigenvalue weighted by molar-refractivity contribution is -0.144. The molecule has 0 aromatic carbocycles. The third-order valence-electron chi connectivity index (χ3n) is 3.67. The number of methoxy groups -OCH3 is 1. The molecular formula is C13H25NO4. The lowest BCUT2D eigenvalue weighted by atomic mass is 9.78. The second-order valence-electron chi connectivity index (χ2n) is 6.01. The average molecular weight is 259 g/mol. The van der Waals surface area contributed by atoms with Crippen molar-refractivity contribution in [3.8, 4) is 0 Å². The Kier molecular flexibility index (Phi) is 5.13. The van der Waals surface area contributed by atoms with Crippen LogP contribution in [0.5, 0.6) is 0 Å². The van der Waals surface area contributed by atoms with Crippen LogP contribution >= 0.6 is 0 Å². The van der Waals surface area contributed by atoms with Crippen LogP contribution in [0, 0.1) is 5.92 Å². The molecule has 1 aliphatic carbocycles. The first kappa shape index (κ1) is 15.4. The summed E-state index contributed by atoms with van der Waals surface area (Å²) in [5.41, 5.74) is -0.967. The maximum absolute atomic E-state index is 10.9. The summed E-state index contributed by atoms with van der Waals surface area (Å²) in [6.45, 7) is 5.09. The molecule has 1 saturated carbocycles. The van der Waals surface area contributed by atoms with Gasteiger partial charge in [-0.3, -0.25) is 4.79 Å². The van der Waals surface area contributed by atoms with Crippen molar-refractivity contribution < 1.29 is 19.7 Å². The van der Waals surface area contributed by atoms with E-state index in [4.69, 9.17) is 9.84 Å². The number of carboxylic acids is 1. The van der Waals surface area contributed by atoms with Gasteiger partial charge in [-0.15, -0.1) is 0 Å². The summed E-state index contributed by atoms with van der Waals surface area (Å²) in [5.74, 6) is -1.04. The van der Waals surface area contributed by atoms with Gasteiger partial charge in [-0.2, -0.15) is 0 Å². The first-order valence-corrected chi connectivity index (χ1v) is 6.47. The Balaban J connectivity index is 2.41. The SMILES string of the molecule is COCC(C)(C)NCC1(O)CCC(C(=O)O)CC1.